The number of sulfonamides is 1. The van der Waals surface area contributed by atoms with Gasteiger partial charge in [0, 0.05) is 31.3 Å². The van der Waals surface area contributed by atoms with Gasteiger partial charge in [-0.1, -0.05) is 18.2 Å². The molecule has 1 saturated heterocycles. The van der Waals surface area contributed by atoms with Crippen LogP contribution in [-0.4, -0.2) is 53.7 Å². The lowest BCUT2D eigenvalue weighted by atomic mass is 10.0. The van der Waals surface area contributed by atoms with Crippen molar-refractivity contribution in [3.8, 4) is 17.2 Å². The van der Waals surface area contributed by atoms with E-state index in [1.165, 1.54) is 30.7 Å². The Morgan fingerprint density at radius 1 is 0.963 bits per heavy atom. The van der Waals surface area contributed by atoms with Crippen LogP contribution in [0.4, 0.5) is 0 Å². The molecule has 27 heavy (non-hydrogen) atoms. The molecule has 0 aromatic heterocycles. The molecule has 146 valence electrons. The van der Waals surface area contributed by atoms with Crippen LogP contribution in [0, 0.1) is 0 Å². The predicted molar refractivity (Wildman–Crippen MR) is 102 cm³/mol. The van der Waals surface area contributed by atoms with Crippen molar-refractivity contribution in [1.82, 2.24) is 9.62 Å². The largest absolute Gasteiger partial charge is 0.496 e. The van der Waals surface area contributed by atoms with Gasteiger partial charge in [0.25, 0.3) is 0 Å². The van der Waals surface area contributed by atoms with Gasteiger partial charge in [-0.15, -0.1) is 0 Å². The average Bonchev–Trinajstić information content (AvgIpc) is 2.73. The molecule has 7 nitrogen and oxygen atoms in total. The Hall–Kier alpha value is -2.29. The summed E-state index contributed by atoms with van der Waals surface area (Å²) in [6.45, 7) is 1.45. The number of rotatable bonds is 6. The average molecular weight is 392 g/mol. The van der Waals surface area contributed by atoms with Crippen LogP contribution in [0.3, 0.4) is 0 Å². The van der Waals surface area contributed by atoms with Crippen molar-refractivity contribution in [2.75, 3.05) is 41.0 Å². The van der Waals surface area contributed by atoms with Gasteiger partial charge in [-0.05, 0) is 18.2 Å². The zero-order valence-corrected chi connectivity index (χ0v) is 16.5. The number of benzene rings is 2. The van der Waals surface area contributed by atoms with Crippen LogP contribution in [-0.2, 0) is 10.0 Å². The Balaban J connectivity index is 2.03. The van der Waals surface area contributed by atoms with Gasteiger partial charge in [-0.3, -0.25) is 0 Å². The van der Waals surface area contributed by atoms with Crippen molar-refractivity contribution in [2.45, 2.75) is 10.9 Å². The minimum Gasteiger partial charge on any atom is -0.496 e. The molecule has 1 unspecified atom stereocenters. The van der Waals surface area contributed by atoms with Crippen LogP contribution in [0.5, 0.6) is 17.2 Å². The highest BCUT2D eigenvalue weighted by molar-refractivity contribution is 7.89. The summed E-state index contributed by atoms with van der Waals surface area (Å²) in [6.07, 6.45) is 0. The lowest BCUT2D eigenvalue weighted by Gasteiger charge is -2.36. The van der Waals surface area contributed by atoms with Crippen LogP contribution >= 0.6 is 0 Å². The maximum atomic E-state index is 13.4. The molecule has 1 heterocycles. The van der Waals surface area contributed by atoms with Gasteiger partial charge in [0.2, 0.25) is 10.0 Å². The monoisotopic (exact) mass is 392 g/mol. The van der Waals surface area contributed by atoms with Gasteiger partial charge in [0.1, 0.15) is 5.75 Å². The van der Waals surface area contributed by atoms with E-state index in [1.807, 2.05) is 24.3 Å². The third kappa shape index (κ3) is 3.73. The van der Waals surface area contributed by atoms with Crippen molar-refractivity contribution in [1.29, 1.82) is 0 Å². The van der Waals surface area contributed by atoms with E-state index in [0.717, 1.165) is 5.56 Å². The van der Waals surface area contributed by atoms with Gasteiger partial charge in [-0.2, -0.15) is 4.31 Å². The number of hydrogen-bond donors (Lipinski definition) is 1. The number of methoxy groups -OCH3 is 3. The van der Waals surface area contributed by atoms with E-state index in [4.69, 9.17) is 14.2 Å². The molecular formula is C19H24N2O5S. The first kappa shape index (κ1) is 19.5. The maximum Gasteiger partial charge on any atom is 0.243 e. The summed E-state index contributed by atoms with van der Waals surface area (Å²) in [6, 6.07) is 11.8. The second-order valence-electron chi connectivity index (χ2n) is 6.09. The van der Waals surface area contributed by atoms with Crippen molar-refractivity contribution in [3.05, 3.63) is 48.0 Å². The first-order valence-electron chi connectivity index (χ1n) is 8.60. The van der Waals surface area contributed by atoms with Crippen LogP contribution in [0.15, 0.2) is 47.4 Å². The fourth-order valence-electron chi connectivity index (χ4n) is 3.29. The first-order chi connectivity index (χ1) is 13.0. The van der Waals surface area contributed by atoms with Crippen molar-refractivity contribution < 1.29 is 22.6 Å². The van der Waals surface area contributed by atoms with Crippen molar-refractivity contribution in [2.24, 2.45) is 0 Å². The van der Waals surface area contributed by atoms with Gasteiger partial charge < -0.3 is 19.5 Å². The van der Waals surface area contributed by atoms with Gasteiger partial charge in [-0.25, -0.2) is 8.42 Å². The van der Waals surface area contributed by atoms with Gasteiger partial charge in [0.15, 0.2) is 11.5 Å². The minimum atomic E-state index is -3.74. The van der Waals surface area contributed by atoms with E-state index in [9.17, 15) is 8.42 Å². The SMILES string of the molecule is COc1ccc(S(=O)(=O)N2CCNCC2c2ccccc2OC)cc1OC. The fraction of sp³-hybridized carbons (Fsp3) is 0.368. The predicted octanol–water partition coefficient (Wildman–Crippen LogP) is 2.05. The Morgan fingerprint density at radius 3 is 2.37 bits per heavy atom. The van der Waals surface area contributed by atoms with Crippen LogP contribution in [0.2, 0.25) is 0 Å². The highest BCUT2D eigenvalue weighted by Crippen LogP contribution is 2.36. The summed E-state index contributed by atoms with van der Waals surface area (Å²) >= 11 is 0. The van der Waals surface area contributed by atoms with Crippen LogP contribution in [0.1, 0.15) is 11.6 Å². The van der Waals surface area contributed by atoms with Crippen molar-refractivity contribution >= 4 is 10.0 Å². The molecule has 2 aromatic rings. The van der Waals surface area contributed by atoms with Crippen molar-refractivity contribution in [3.63, 3.8) is 0 Å². The summed E-state index contributed by atoms with van der Waals surface area (Å²) in [4.78, 5) is 0.168. The van der Waals surface area contributed by atoms with Crippen LogP contribution < -0.4 is 19.5 Å². The Kier molecular flexibility index (Phi) is 5.88. The highest BCUT2D eigenvalue weighted by atomic mass is 32.2. The molecule has 1 fully saturated rings. The smallest absolute Gasteiger partial charge is 0.243 e. The van der Waals surface area contributed by atoms with E-state index >= 15 is 0 Å². The summed E-state index contributed by atoms with van der Waals surface area (Å²) in [7, 11) is 0.843. The zero-order chi connectivity index (χ0) is 19.4. The van der Waals surface area contributed by atoms with E-state index < -0.39 is 10.0 Å². The molecule has 0 spiro atoms. The Labute approximate surface area is 159 Å². The maximum absolute atomic E-state index is 13.4. The highest BCUT2D eigenvalue weighted by Gasteiger charge is 2.36. The molecule has 2 aromatic carbocycles. The molecule has 0 amide bonds. The number of piperazine rings is 1. The number of hydrogen-bond acceptors (Lipinski definition) is 6. The third-order valence-electron chi connectivity index (χ3n) is 4.65. The topological polar surface area (TPSA) is 77.1 Å². The second-order valence-corrected chi connectivity index (χ2v) is 7.98. The Morgan fingerprint density at radius 2 is 1.67 bits per heavy atom. The number of nitrogens with zero attached hydrogens (tertiary/aromatic N) is 1. The first-order valence-corrected chi connectivity index (χ1v) is 10.0. The summed E-state index contributed by atoms with van der Waals surface area (Å²) in [5.74, 6) is 1.53. The number of nitrogens with one attached hydrogen (secondary N) is 1. The molecule has 1 N–H and O–H groups in total. The van der Waals surface area contributed by atoms with E-state index in [1.54, 1.807) is 13.2 Å². The fourth-order valence-corrected chi connectivity index (χ4v) is 4.91. The molecule has 0 bridgehead atoms. The van der Waals surface area contributed by atoms with Gasteiger partial charge >= 0.3 is 0 Å². The summed E-state index contributed by atoms with van der Waals surface area (Å²) in [5.41, 5.74) is 0.830. The molecule has 0 saturated carbocycles. The number of ether oxygens (including phenoxy) is 3. The molecule has 0 aliphatic carbocycles. The lowest BCUT2D eigenvalue weighted by molar-refractivity contribution is 0.264. The molecule has 8 heteroatoms. The van der Waals surface area contributed by atoms with Crippen LogP contribution in [0.25, 0.3) is 0 Å². The molecule has 0 radical (unpaired) electrons. The second kappa shape index (κ2) is 8.16. The summed E-state index contributed by atoms with van der Waals surface area (Å²) in [5, 5.41) is 3.27. The Bertz CT molecular complexity index is 901. The van der Waals surface area contributed by atoms with E-state index in [-0.39, 0.29) is 10.9 Å². The van der Waals surface area contributed by atoms with E-state index in [2.05, 4.69) is 5.32 Å². The lowest BCUT2D eigenvalue weighted by Crippen LogP contribution is -2.48. The molecule has 1 aliphatic rings. The summed E-state index contributed by atoms with van der Waals surface area (Å²) < 4.78 is 44.2. The minimum absolute atomic E-state index is 0.168. The standard InChI is InChI=1S/C19H24N2O5S/c1-24-17-7-5-4-6-15(17)16-13-20-10-11-21(16)27(22,23)14-8-9-18(25-2)19(12-14)26-3/h4-9,12,16,20H,10-11,13H2,1-3H3. The van der Waals surface area contributed by atoms with E-state index in [0.29, 0.717) is 36.9 Å². The van der Waals surface area contributed by atoms with Gasteiger partial charge in [0.05, 0.1) is 32.3 Å². The zero-order valence-electron chi connectivity index (χ0n) is 15.6. The molecule has 1 atom stereocenters. The molecule has 3 rings (SSSR count). The normalized spacial score (nSPS) is 18.1. The quantitative estimate of drug-likeness (QED) is 0.811. The third-order valence-corrected chi connectivity index (χ3v) is 6.56. The molecular weight excluding hydrogens is 368 g/mol. The number of para-hydroxylation sites is 1. The molecule has 1 aliphatic heterocycles.